The standard InChI is InChI=1S/C15H21BrN2/c1-4-18(3)8-6-12-9-14-11(2)17-7-5-13(14)15(16)10-12/h9-10,17H,2,4-8H2,1,3H3. The Hall–Kier alpha value is -0.800. The molecule has 1 aromatic rings. The summed E-state index contributed by atoms with van der Waals surface area (Å²) in [5.74, 6) is 0. The second-order valence-electron chi connectivity index (χ2n) is 4.90. The van der Waals surface area contributed by atoms with Gasteiger partial charge in [-0.3, -0.25) is 0 Å². The van der Waals surface area contributed by atoms with E-state index in [0.29, 0.717) is 0 Å². The number of likely N-dealkylation sites (N-methyl/N-ethyl adjacent to an activating group) is 1. The summed E-state index contributed by atoms with van der Waals surface area (Å²) in [6.45, 7) is 9.48. The monoisotopic (exact) mass is 308 g/mol. The quantitative estimate of drug-likeness (QED) is 0.919. The molecule has 0 saturated heterocycles. The van der Waals surface area contributed by atoms with E-state index >= 15 is 0 Å². The highest BCUT2D eigenvalue weighted by atomic mass is 79.9. The Bertz CT molecular complexity index is 454. The van der Waals surface area contributed by atoms with Crippen LogP contribution in [0.1, 0.15) is 23.6 Å². The van der Waals surface area contributed by atoms with Gasteiger partial charge in [0.05, 0.1) is 0 Å². The minimum Gasteiger partial charge on any atom is -0.385 e. The molecule has 0 bridgehead atoms. The van der Waals surface area contributed by atoms with Crippen LogP contribution in [0.5, 0.6) is 0 Å². The lowest BCUT2D eigenvalue weighted by atomic mass is 9.95. The smallest absolute Gasteiger partial charge is 0.0344 e. The molecule has 0 unspecified atom stereocenters. The highest BCUT2D eigenvalue weighted by Gasteiger charge is 2.15. The topological polar surface area (TPSA) is 15.3 Å². The highest BCUT2D eigenvalue weighted by molar-refractivity contribution is 9.10. The molecule has 0 fully saturated rings. The molecule has 18 heavy (non-hydrogen) atoms. The van der Waals surface area contributed by atoms with Gasteiger partial charge < -0.3 is 10.2 Å². The van der Waals surface area contributed by atoms with Crippen LogP contribution in [0.25, 0.3) is 5.70 Å². The van der Waals surface area contributed by atoms with E-state index in [-0.39, 0.29) is 0 Å². The van der Waals surface area contributed by atoms with Crippen molar-refractivity contribution < 1.29 is 0 Å². The van der Waals surface area contributed by atoms with Crippen molar-refractivity contribution in [3.05, 3.63) is 39.9 Å². The average Bonchev–Trinajstić information content (AvgIpc) is 2.37. The van der Waals surface area contributed by atoms with Crippen LogP contribution in [0, 0.1) is 0 Å². The van der Waals surface area contributed by atoms with Gasteiger partial charge in [-0.15, -0.1) is 0 Å². The largest absolute Gasteiger partial charge is 0.385 e. The number of benzene rings is 1. The van der Waals surface area contributed by atoms with Gasteiger partial charge in [0.25, 0.3) is 0 Å². The second-order valence-corrected chi connectivity index (χ2v) is 5.76. The van der Waals surface area contributed by atoms with Gasteiger partial charge in [-0.25, -0.2) is 0 Å². The van der Waals surface area contributed by atoms with Crippen molar-refractivity contribution in [2.24, 2.45) is 0 Å². The van der Waals surface area contributed by atoms with Gasteiger partial charge in [-0.2, -0.15) is 0 Å². The van der Waals surface area contributed by atoms with Gasteiger partial charge in [0, 0.05) is 28.8 Å². The minimum atomic E-state index is 0.988. The maximum atomic E-state index is 4.11. The summed E-state index contributed by atoms with van der Waals surface area (Å²) >= 11 is 3.70. The SMILES string of the molecule is C=C1NCCc2c(Br)cc(CCN(C)CC)cc21. The van der Waals surface area contributed by atoms with Gasteiger partial charge in [0.15, 0.2) is 0 Å². The summed E-state index contributed by atoms with van der Waals surface area (Å²) < 4.78 is 1.23. The molecule has 0 spiro atoms. The van der Waals surface area contributed by atoms with Crippen molar-refractivity contribution in [1.82, 2.24) is 10.2 Å². The number of halogens is 1. The average molecular weight is 309 g/mol. The molecule has 1 heterocycles. The first-order chi connectivity index (χ1) is 8.61. The molecule has 1 aromatic carbocycles. The van der Waals surface area contributed by atoms with Crippen LogP contribution in [-0.4, -0.2) is 31.6 Å². The molecular formula is C15H21BrN2. The summed E-state index contributed by atoms with van der Waals surface area (Å²) in [5, 5.41) is 3.34. The molecule has 1 aliphatic rings. The van der Waals surface area contributed by atoms with Gasteiger partial charge in [-0.05, 0) is 49.7 Å². The molecule has 1 N–H and O–H groups in total. The first-order valence-electron chi connectivity index (χ1n) is 6.54. The molecule has 0 radical (unpaired) electrons. The van der Waals surface area contributed by atoms with E-state index in [1.54, 1.807) is 0 Å². The lowest BCUT2D eigenvalue weighted by molar-refractivity contribution is 0.357. The lowest BCUT2D eigenvalue weighted by Crippen LogP contribution is -2.23. The van der Waals surface area contributed by atoms with Gasteiger partial charge in [0.2, 0.25) is 0 Å². The van der Waals surface area contributed by atoms with Gasteiger partial charge in [-0.1, -0.05) is 29.4 Å². The zero-order chi connectivity index (χ0) is 13.1. The third-order valence-corrected chi connectivity index (χ3v) is 4.32. The molecule has 0 aliphatic carbocycles. The van der Waals surface area contributed by atoms with Gasteiger partial charge in [0.1, 0.15) is 0 Å². The highest BCUT2D eigenvalue weighted by Crippen LogP contribution is 2.29. The molecule has 98 valence electrons. The first kappa shape index (κ1) is 13.6. The predicted molar refractivity (Wildman–Crippen MR) is 81.8 cm³/mol. The van der Waals surface area contributed by atoms with Crippen LogP contribution in [0.3, 0.4) is 0 Å². The Morgan fingerprint density at radius 2 is 2.22 bits per heavy atom. The van der Waals surface area contributed by atoms with Gasteiger partial charge >= 0.3 is 0 Å². The van der Waals surface area contributed by atoms with Crippen LogP contribution in [0.15, 0.2) is 23.2 Å². The number of fused-ring (bicyclic) bond motifs is 1. The molecule has 0 atom stereocenters. The molecule has 2 rings (SSSR count). The maximum Gasteiger partial charge on any atom is 0.0344 e. The fourth-order valence-corrected chi connectivity index (χ4v) is 2.98. The van der Waals surface area contributed by atoms with E-state index in [1.807, 2.05) is 0 Å². The Labute approximate surface area is 118 Å². The van der Waals surface area contributed by atoms with E-state index in [4.69, 9.17) is 0 Å². The number of rotatable bonds is 4. The Balaban J connectivity index is 2.21. The fraction of sp³-hybridized carbons (Fsp3) is 0.467. The predicted octanol–water partition coefficient (Wildman–Crippen LogP) is 3.06. The van der Waals surface area contributed by atoms with E-state index in [1.165, 1.54) is 21.2 Å². The fourth-order valence-electron chi connectivity index (χ4n) is 2.27. The molecule has 0 aromatic heterocycles. The molecule has 2 nitrogen and oxygen atoms in total. The van der Waals surface area contributed by atoms with E-state index in [2.05, 4.69) is 58.8 Å². The zero-order valence-corrected chi connectivity index (χ0v) is 12.8. The normalized spacial score (nSPS) is 14.6. The van der Waals surface area contributed by atoms with Crippen LogP contribution in [0.4, 0.5) is 0 Å². The molecule has 1 aliphatic heterocycles. The maximum absolute atomic E-state index is 4.11. The third-order valence-electron chi connectivity index (χ3n) is 3.62. The zero-order valence-electron chi connectivity index (χ0n) is 11.2. The van der Waals surface area contributed by atoms with E-state index in [0.717, 1.165) is 38.2 Å². The van der Waals surface area contributed by atoms with Crippen LogP contribution in [0.2, 0.25) is 0 Å². The number of hydrogen-bond donors (Lipinski definition) is 1. The van der Waals surface area contributed by atoms with Crippen molar-refractivity contribution in [2.75, 3.05) is 26.7 Å². The summed E-state index contributed by atoms with van der Waals surface area (Å²) in [4.78, 5) is 2.33. The van der Waals surface area contributed by atoms with Crippen molar-refractivity contribution in [3.63, 3.8) is 0 Å². The molecule has 0 amide bonds. The van der Waals surface area contributed by atoms with Crippen molar-refractivity contribution >= 4 is 21.6 Å². The number of nitrogens with one attached hydrogen (secondary N) is 1. The van der Waals surface area contributed by atoms with Crippen LogP contribution >= 0.6 is 15.9 Å². The summed E-state index contributed by atoms with van der Waals surface area (Å²) in [5.41, 5.74) is 5.12. The molecular weight excluding hydrogens is 288 g/mol. The Morgan fingerprint density at radius 3 is 2.94 bits per heavy atom. The summed E-state index contributed by atoms with van der Waals surface area (Å²) in [6.07, 6.45) is 2.16. The minimum absolute atomic E-state index is 0.988. The van der Waals surface area contributed by atoms with E-state index < -0.39 is 0 Å². The molecule has 0 saturated carbocycles. The van der Waals surface area contributed by atoms with Crippen LogP contribution < -0.4 is 5.32 Å². The first-order valence-corrected chi connectivity index (χ1v) is 7.34. The number of hydrogen-bond acceptors (Lipinski definition) is 2. The van der Waals surface area contributed by atoms with E-state index in [9.17, 15) is 0 Å². The Kier molecular flexibility index (Phi) is 4.46. The van der Waals surface area contributed by atoms with Crippen molar-refractivity contribution in [1.29, 1.82) is 0 Å². The lowest BCUT2D eigenvalue weighted by Gasteiger charge is -2.23. The van der Waals surface area contributed by atoms with Crippen molar-refractivity contribution in [2.45, 2.75) is 19.8 Å². The summed E-state index contributed by atoms with van der Waals surface area (Å²) in [7, 11) is 2.16. The Morgan fingerprint density at radius 1 is 1.44 bits per heavy atom. The molecule has 3 heteroatoms. The second kappa shape index (κ2) is 5.89. The number of nitrogens with zero attached hydrogens (tertiary/aromatic N) is 1. The summed E-state index contributed by atoms with van der Waals surface area (Å²) in [6, 6.07) is 4.55. The van der Waals surface area contributed by atoms with Crippen LogP contribution in [-0.2, 0) is 12.8 Å². The van der Waals surface area contributed by atoms with Crippen molar-refractivity contribution in [3.8, 4) is 0 Å². The third kappa shape index (κ3) is 2.96.